The first-order valence-electron chi connectivity index (χ1n) is 7.87. The summed E-state index contributed by atoms with van der Waals surface area (Å²) in [7, 11) is 0. The van der Waals surface area contributed by atoms with Gasteiger partial charge in [0.05, 0.1) is 5.92 Å². The minimum atomic E-state index is -4.00. The number of hydrogen-bond acceptors (Lipinski definition) is 1. The maximum absolute atomic E-state index is 13.0. The monoisotopic (exact) mass is 277 g/mol. The molecule has 2 saturated carbocycles. The third kappa shape index (κ3) is 4.66. The van der Waals surface area contributed by atoms with E-state index < -0.39 is 12.1 Å². The second-order valence-electron chi connectivity index (χ2n) is 6.29. The zero-order chi connectivity index (χ0) is 13.7. The average molecular weight is 277 g/mol. The molecule has 0 radical (unpaired) electrons. The van der Waals surface area contributed by atoms with Crippen LogP contribution in [0, 0.1) is 11.8 Å². The van der Waals surface area contributed by atoms with Crippen LogP contribution in [0.2, 0.25) is 0 Å². The van der Waals surface area contributed by atoms with Crippen molar-refractivity contribution in [2.75, 3.05) is 6.54 Å². The SMILES string of the molecule is FC(F)(F)C1CCCCC1CNC1CCCCCC1. The van der Waals surface area contributed by atoms with Gasteiger partial charge in [-0.25, -0.2) is 0 Å². The smallest absolute Gasteiger partial charge is 0.314 e. The predicted molar refractivity (Wildman–Crippen MR) is 71.0 cm³/mol. The van der Waals surface area contributed by atoms with Crippen molar-refractivity contribution in [2.24, 2.45) is 11.8 Å². The second kappa shape index (κ2) is 6.96. The summed E-state index contributed by atoms with van der Waals surface area (Å²) in [6.45, 7) is 0.564. The minimum Gasteiger partial charge on any atom is -0.314 e. The molecular formula is C15H26F3N. The Labute approximate surface area is 114 Å². The molecule has 0 heterocycles. The molecule has 0 aromatic heterocycles. The van der Waals surface area contributed by atoms with E-state index >= 15 is 0 Å². The molecule has 0 spiro atoms. The summed E-state index contributed by atoms with van der Waals surface area (Å²) in [5.74, 6) is -1.27. The van der Waals surface area contributed by atoms with Crippen LogP contribution >= 0.6 is 0 Å². The lowest BCUT2D eigenvalue weighted by Crippen LogP contribution is -2.41. The minimum absolute atomic E-state index is 0.197. The Morgan fingerprint density at radius 2 is 1.37 bits per heavy atom. The Morgan fingerprint density at radius 1 is 0.789 bits per heavy atom. The van der Waals surface area contributed by atoms with Crippen LogP contribution in [0.25, 0.3) is 0 Å². The van der Waals surface area contributed by atoms with Gasteiger partial charge >= 0.3 is 6.18 Å². The van der Waals surface area contributed by atoms with Crippen LogP contribution in [0.15, 0.2) is 0 Å². The molecule has 4 heteroatoms. The lowest BCUT2D eigenvalue weighted by Gasteiger charge is -2.34. The molecule has 19 heavy (non-hydrogen) atoms. The fourth-order valence-electron chi connectivity index (χ4n) is 3.68. The molecular weight excluding hydrogens is 251 g/mol. The van der Waals surface area contributed by atoms with Crippen molar-refractivity contribution < 1.29 is 13.2 Å². The van der Waals surface area contributed by atoms with E-state index in [1.165, 1.54) is 25.7 Å². The van der Waals surface area contributed by atoms with Gasteiger partial charge in [-0.1, -0.05) is 38.5 Å². The molecule has 0 amide bonds. The van der Waals surface area contributed by atoms with Gasteiger partial charge in [0, 0.05) is 6.04 Å². The molecule has 2 rings (SSSR count). The highest BCUT2D eigenvalue weighted by molar-refractivity contribution is 4.83. The van der Waals surface area contributed by atoms with Gasteiger partial charge in [-0.05, 0) is 38.1 Å². The summed E-state index contributed by atoms with van der Waals surface area (Å²) in [4.78, 5) is 0. The quantitative estimate of drug-likeness (QED) is 0.739. The van der Waals surface area contributed by atoms with Crippen LogP contribution in [0.1, 0.15) is 64.2 Å². The van der Waals surface area contributed by atoms with E-state index in [9.17, 15) is 13.2 Å². The molecule has 0 aromatic carbocycles. The molecule has 2 aliphatic rings. The number of nitrogens with one attached hydrogen (secondary N) is 1. The molecule has 2 aliphatic carbocycles. The molecule has 112 valence electrons. The van der Waals surface area contributed by atoms with Crippen LogP contribution in [-0.2, 0) is 0 Å². The van der Waals surface area contributed by atoms with Gasteiger partial charge in [0.15, 0.2) is 0 Å². The van der Waals surface area contributed by atoms with E-state index in [0.29, 0.717) is 19.0 Å². The standard InChI is InChI=1S/C15H26F3N/c16-15(17,18)14-10-6-5-7-12(14)11-19-13-8-3-1-2-4-9-13/h12-14,19H,1-11H2. The van der Waals surface area contributed by atoms with E-state index in [1.54, 1.807) is 0 Å². The molecule has 0 saturated heterocycles. The highest BCUT2D eigenvalue weighted by atomic mass is 19.4. The third-order valence-electron chi connectivity index (χ3n) is 4.85. The summed E-state index contributed by atoms with van der Waals surface area (Å²) in [6.07, 6.45) is 6.08. The van der Waals surface area contributed by atoms with Crippen molar-refractivity contribution in [3.05, 3.63) is 0 Å². The molecule has 2 atom stereocenters. The van der Waals surface area contributed by atoms with E-state index in [-0.39, 0.29) is 5.92 Å². The second-order valence-corrected chi connectivity index (χ2v) is 6.29. The fraction of sp³-hybridized carbons (Fsp3) is 1.00. The van der Waals surface area contributed by atoms with Gasteiger partial charge in [-0.2, -0.15) is 13.2 Å². The largest absolute Gasteiger partial charge is 0.392 e. The molecule has 1 N–H and O–H groups in total. The van der Waals surface area contributed by atoms with Crippen molar-refractivity contribution in [3.63, 3.8) is 0 Å². The fourth-order valence-corrected chi connectivity index (χ4v) is 3.68. The molecule has 0 bridgehead atoms. The first-order valence-corrected chi connectivity index (χ1v) is 7.87. The van der Waals surface area contributed by atoms with Gasteiger partial charge in [0.2, 0.25) is 0 Å². The first kappa shape index (κ1) is 15.1. The van der Waals surface area contributed by atoms with Crippen molar-refractivity contribution >= 4 is 0 Å². The highest BCUT2D eigenvalue weighted by Crippen LogP contribution is 2.41. The summed E-state index contributed by atoms with van der Waals surface area (Å²) in [5, 5.41) is 3.43. The van der Waals surface area contributed by atoms with E-state index in [0.717, 1.165) is 32.1 Å². The van der Waals surface area contributed by atoms with Gasteiger partial charge in [0.1, 0.15) is 0 Å². The van der Waals surface area contributed by atoms with Crippen molar-refractivity contribution in [2.45, 2.75) is 76.4 Å². The third-order valence-corrected chi connectivity index (χ3v) is 4.85. The topological polar surface area (TPSA) is 12.0 Å². The zero-order valence-corrected chi connectivity index (χ0v) is 11.6. The van der Waals surface area contributed by atoms with Crippen molar-refractivity contribution in [1.29, 1.82) is 0 Å². The first-order chi connectivity index (χ1) is 9.07. The van der Waals surface area contributed by atoms with Gasteiger partial charge in [-0.3, -0.25) is 0 Å². The Kier molecular flexibility index (Phi) is 5.55. The molecule has 0 aromatic rings. The van der Waals surface area contributed by atoms with Crippen LogP contribution < -0.4 is 5.32 Å². The van der Waals surface area contributed by atoms with Gasteiger partial charge in [-0.15, -0.1) is 0 Å². The van der Waals surface area contributed by atoms with Crippen LogP contribution in [0.4, 0.5) is 13.2 Å². The average Bonchev–Trinajstić information content (AvgIpc) is 2.64. The van der Waals surface area contributed by atoms with Crippen LogP contribution in [0.5, 0.6) is 0 Å². The summed E-state index contributed by atoms with van der Waals surface area (Å²) >= 11 is 0. The Hall–Kier alpha value is -0.250. The molecule has 0 aliphatic heterocycles. The predicted octanol–water partition coefficient (Wildman–Crippen LogP) is 4.67. The summed E-state index contributed by atoms with van der Waals surface area (Å²) in [6, 6.07) is 0.457. The van der Waals surface area contributed by atoms with Gasteiger partial charge in [0.25, 0.3) is 0 Å². The van der Waals surface area contributed by atoms with Gasteiger partial charge < -0.3 is 5.32 Å². The maximum atomic E-state index is 13.0. The normalized spacial score (nSPS) is 31.1. The Balaban J connectivity index is 1.82. The molecule has 1 nitrogen and oxygen atoms in total. The summed E-state index contributed by atoms with van der Waals surface area (Å²) in [5.41, 5.74) is 0. The Bertz CT molecular complexity index is 257. The maximum Gasteiger partial charge on any atom is 0.392 e. The zero-order valence-electron chi connectivity index (χ0n) is 11.6. The van der Waals surface area contributed by atoms with E-state index in [1.807, 2.05) is 0 Å². The summed E-state index contributed by atoms with van der Waals surface area (Å²) < 4.78 is 39.0. The number of halogens is 3. The molecule has 2 fully saturated rings. The Morgan fingerprint density at radius 3 is 2.00 bits per heavy atom. The van der Waals surface area contributed by atoms with E-state index in [4.69, 9.17) is 0 Å². The van der Waals surface area contributed by atoms with E-state index in [2.05, 4.69) is 5.32 Å². The lowest BCUT2D eigenvalue weighted by atomic mass is 9.78. The highest BCUT2D eigenvalue weighted by Gasteiger charge is 2.45. The number of hydrogen-bond donors (Lipinski definition) is 1. The number of alkyl halides is 3. The van der Waals surface area contributed by atoms with Crippen molar-refractivity contribution in [3.8, 4) is 0 Å². The van der Waals surface area contributed by atoms with Crippen molar-refractivity contribution in [1.82, 2.24) is 5.32 Å². The molecule has 2 unspecified atom stereocenters. The number of rotatable bonds is 3. The lowest BCUT2D eigenvalue weighted by molar-refractivity contribution is -0.195. The van der Waals surface area contributed by atoms with Crippen LogP contribution in [-0.4, -0.2) is 18.8 Å². The van der Waals surface area contributed by atoms with Crippen LogP contribution in [0.3, 0.4) is 0 Å².